The Morgan fingerprint density at radius 1 is 1.25 bits per heavy atom. The van der Waals surface area contributed by atoms with Crippen molar-refractivity contribution in [3.05, 3.63) is 64.2 Å². The van der Waals surface area contributed by atoms with Gasteiger partial charge in [-0.25, -0.2) is 0 Å². The van der Waals surface area contributed by atoms with E-state index in [1.807, 2.05) is 43.4 Å². The molecule has 0 fully saturated rings. The van der Waals surface area contributed by atoms with Gasteiger partial charge in [-0.2, -0.15) is 0 Å². The van der Waals surface area contributed by atoms with Crippen molar-refractivity contribution < 1.29 is 9.84 Å². The highest BCUT2D eigenvalue weighted by Crippen LogP contribution is 2.40. The summed E-state index contributed by atoms with van der Waals surface area (Å²) in [5.41, 5.74) is 1.39. The zero-order valence-corrected chi connectivity index (χ0v) is 11.9. The smallest absolute Gasteiger partial charge is 0.131 e. The molecule has 2 aromatic carbocycles. The van der Waals surface area contributed by atoms with Crippen molar-refractivity contribution in [2.45, 2.75) is 12.2 Å². The molecular formula is C16H16ClNO2. The molecule has 4 heteroatoms. The summed E-state index contributed by atoms with van der Waals surface area (Å²) in [5.74, 6) is 0.706. The Bertz CT molecular complexity index is 644. The van der Waals surface area contributed by atoms with Gasteiger partial charge >= 0.3 is 0 Å². The highest BCUT2D eigenvalue weighted by atomic mass is 35.5. The molecule has 2 N–H and O–H groups in total. The van der Waals surface area contributed by atoms with Gasteiger partial charge in [0.25, 0.3) is 0 Å². The molecule has 1 unspecified atom stereocenters. The molecule has 104 valence electrons. The van der Waals surface area contributed by atoms with Gasteiger partial charge in [-0.1, -0.05) is 35.9 Å². The summed E-state index contributed by atoms with van der Waals surface area (Å²) < 4.78 is 5.83. The summed E-state index contributed by atoms with van der Waals surface area (Å²) in [6.07, 6.45) is 0. The highest BCUT2D eigenvalue weighted by molar-refractivity contribution is 6.30. The summed E-state index contributed by atoms with van der Waals surface area (Å²) in [6, 6.07) is 13.1. The Balaban J connectivity index is 2.25. The molecule has 3 nitrogen and oxygen atoms in total. The lowest BCUT2D eigenvalue weighted by Gasteiger charge is -2.29. The minimum atomic E-state index is -1.12. The van der Waals surface area contributed by atoms with Gasteiger partial charge in [0.05, 0.1) is 0 Å². The van der Waals surface area contributed by atoms with E-state index in [-0.39, 0.29) is 0 Å². The van der Waals surface area contributed by atoms with Crippen LogP contribution in [0.4, 0.5) is 0 Å². The van der Waals surface area contributed by atoms with Gasteiger partial charge < -0.3 is 15.2 Å². The number of benzene rings is 2. The van der Waals surface area contributed by atoms with Crippen molar-refractivity contribution >= 4 is 11.6 Å². The number of hydrogen-bond donors (Lipinski definition) is 2. The Kier molecular flexibility index (Phi) is 3.42. The third-order valence-electron chi connectivity index (χ3n) is 3.66. The van der Waals surface area contributed by atoms with Crippen molar-refractivity contribution in [1.82, 2.24) is 5.32 Å². The number of para-hydroxylation sites is 1. The van der Waals surface area contributed by atoms with Crippen molar-refractivity contribution in [2.24, 2.45) is 0 Å². The first kappa shape index (κ1) is 13.4. The summed E-state index contributed by atoms with van der Waals surface area (Å²) >= 11 is 6.06. The van der Waals surface area contributed by atoms with Crippen molar-refractivity contribution in [1.29, 1.82) is 0 Å². The first-order chi connectivity index (χ1) is 9.65. The lowest BCUT2D eigenvalue weighted by Crippen LogP contribution is -2.38. The van der Waals surface area contributed by atoms with E-state index in [9.17, 15) is 5.11 Å². The number of nitrogens with one attached hydrogen (secondary N) is 1. The standard InChI is InChI=1S/C16H16ClNO2/c1-18-10-16(19)13-7-6-12(17)8-11(13)9-20-15-5-3-2-4-14(15)16/h2-8,18-19H,9-10H2,1H3. The van der Waals surface area contributed by atoms with Crippen LogP contribution in [0, 0.1) is 0 Å². The number of likely N-dealkylation sites (N-methyl/N-ethyl adjacent to an activating group) is 1. The first-order valence-electron chi connectivity index (χ1n) is 6.53. The van der Waals surface area contributed by atoms with Gasteiger partial charge in [0.2, 0.25) is 0 Å². The van der Waals surface area contributed by atoms with Crippen LogP contribution in [0.2, 0.25) is 5.02 Å². The molecule has 3 rings (SSSR count). The first-order valence-corrected chi connectivity index (χ1v) is 6.91. The highest BCUT2D eigenvalue weighted by Gasteiger charge is 2.37. The van der Waals surface area contributed by atoms with Crippen molar-refractivity contribution in [2.75, 3.05) is 13.6 Å². The van der Waals surface area contributed by atoms with Gasteiger partial charge in [-0.15, -0.1) is 0 Å². The third kappa shape index (κ3) is 2.08. The Morgan fingerprint density at radius 3 is 2.85 bits per heavy atom. The third-order valence-corrected chi connectivity index (χ3v) is 3.90. The number of aliphatic hydroxyl groups is 1. The fourth-order valence-corrected chi connectivity index (χ4v) is 2.96. The Hall–Kier alpha value is -1.55. The average Bonchev–Trinajstić information content (AvgIpc) is 2.56. The van der Waals surface area contributed by atoms with Crippen LogP contribution in [0.3, 0.4) is 0 Å². The van der Waals surface area contributed by atoms with Gasteiger partial charge in [0, 0.05) is 17.1 Å². The van der Waals surface area contributed by atoms with Gasteiger partial charge in [0.1, 0.15) is 18.0 Å². The zero-order valence-electron chi connectivity index (χ0n) is 11.2. The molecule has 1 atom stereocenters. The van der Waals surface area contributed by atoms with E-state index < -0.39 is 5.60 Å². The quantitative estimate of drug-likeness (QED) is 0.893. The van der Waals surface area contributed by atoms with E-state index in [1.54, 1.807) is 6.07 Å². The van der Waals surface area contributed by atoms with E-state index in [1.165, 1.54) is 0 Å². The van der Waals surface area contributed by atoms with E-state index in [2.05, 4.69) is 5.32 Å². The maximum Gasteiger partial charge on any atom is 0.131 e. The van der Waals surface area contributed by atoms with Crippen LogP contribution in [0.5, 0.6) is 5.75 Å². The van der Waals surface area contributed by atoms with Gasteiger partial charge in [0.15, 0.2) is 0 Å². The lowest BCUT2D eigenvalue weighted by molar-refractivity contribution is 0.0815. The lowest BCUT2D eigenvalue weighted by atomic mass is 9.84. The molecule has 1 aliphatic heterocycles. The number of ether oxygens (including phenoxy) is 1. The molecule has 0 saturated carbocycles. The molecule has 0 spiro atoms. The van der Waals surface area contributed by atoms with E-state index in [0.717, 1.165) is 16.7 Å². The fraction of sp³-hybridized carbons (Fsp3) is 0.250. The largest absolute Gasteiger partial charge is 0.488 e. The maximum atomic E-state index is 11.3. The molecule has 1 heterocycles. The predicted molar refractivity (Wildman–Crippen MR) is 79.2 cm³/mol. The second-order valence-corrected chi connectivity index (χ2v) is 5.41. The molecule has 20 heavy (non-hydrogen) atoms. The Labute approximate surface area is 123 Å². The van der Waals surface area contributed by atoms with Crippen LogP contribution < -0.4 is 10.1 Å². The molecule has 0 bridgehead atoms. The van der Waals surface area contributed by atoms with Crippen LogP contribution >= 0.6 is 11.6 Å². The van der Waals surface area contributed by atoms with E-state index >= 15 is 0 Å². The topological polar surface area (TPSA) is 41.5 Å². The Morgan fingerprint density at radius 2 is 2.05 bits per heavy atom. The van der Waals surface area contributed by atoms with Gasteiger partial charge in [-0.3, -0.25) is 0 Å². The zero-order chi connectivity index (χ0) is 14.2. The second-order valence-electron chi connectivity index (χ2n) is 4.98. The van der Waals surface area contributed by atoms with Crippen molar-refractivity contribution in [3.63, 3.8) is 0 Å². The monoisotopic (exact) mass is 289 g/mol. The fourth-order valence-electron chi connectivity index (χ4n) is 2.77. The van der Waals surface area contributed by atoms with Crippen LogP contribution in [0.15, 0.2) is 42.5 Å². The minimum Gasteiger partial charge on any atom is -0.488 e. The van der Waals surface area contributed by atoms with Crippen LogP contribution in [-0.4, -0.2) is 18.7 Å². The number of hydrogen-bond acceptors (Lipinski definition) is 3. The van der Waals surface area contributed by atoms with Crippen LogP contribution in [0.25, 0.3) is 0 Å². The molecule has 0 amide bonds. The maximum absolute atomic E-state index is 11.3. The van der Waals surface area contributed by atoms with Crippen LogP contribution in [-0.2, 0) is 12.2 Å². The average molecular weight is 290 g/mol. The number of rotatable bonds is 2. The van der Waals surface area contributed by atoms with Crippen LogP contribution in [0.1, 0.15) is 16.7 Å². The van der Waals surface area contributed by atoms with E-state index in [0.29, 0.717) is 23.9 Å². The summed E-state index contributed by atoms with van der Waals surface area (Å²) in [7, 11) is 1.82. The van der Waals surface area contributed by atoms with E-state index in [4.69, 9.17) is 16.3 Å². The summed E-state index contributed by atoms with van der Waals surface area (Å²) in [5, 5.41) is 15.0. The SMILES string of the molecule is CNCC1(O)c2ccc(Cl)cc2COc2ccccc21. The summed E-state index contributed by atoms with van der Waals surface area (Å²) in [6.45, 7) is 0.806. The normalized spacial score (nSPS) is 20.6. The molecule has 0 saturated heterocycles. The second kappa shape index (κ2) is 5.09. The van der Waals surface area contributed by atoms with Gasteiger partial charge in [-0.05, 0) is 36.4 Å². The number of halogens is 1. The molecule has 2 aromatic rings. The minimum absolute atomic E-state index is 0.402. The van der Waals surface area contributed by atoms with Crippen molar-refractivity contribution in [3.8, 4) is 5.75 Å². The summed E-state index contributed by atoms with van der Waals surface area (Å²) in [4.78, 5) is 0. The molecule has 1 aliphatic rings. The molecule has 0 aromatic heterocycles. The molecule has 0 radical (unpaired) electrons. The molecule has 0 aliphatic carbocycles. The molecular weight excluding hydrogens is 274 g/mol. The predicted octanol–water partition coefficient (Wildman–Crippen LogP) is 2.69. The number of fused-ring (bicyclic) bond motifs is 2.